The van der Waals surface area contributed by atoms with Gasteiger partial charge >= 0.3 is 0 Å². The van der Waals surface area contributed by atoms with Gasteiger partial charge in [0.25, 0.3) is 0 Å². The van der Waals surface area contributed by atoms with Crippen LogP contribution in [0.15, 0.2) is 6.07 Å². The summed E-state index contributed by atoms with van der Waals surface area (Å²) in [5, 5.41) is 9.22. The second-order valence-electron chi connectivity index (χ2n) is 5.68. The third kappa shape index (κ3) is 3.67. The number of hydrogen-bond donors (Lipinski definition) is 1. The summed E-state index contributed by atoms with van der Waals surface area (Å²) in [7, 11) is 3.76. The Bertz CT molecular complexity index is 431. The van der Waals surface area contributed by atoms with Gasteiger partial charge in [-0.25, -0.2) is 9.97 Å². The zero-order valence-corrected chi connectivity index (χ0v) is 12.7. The molecule has 0 aromatic carbocycles. The van der Waals surface area contributed by atoms with Gasteiger partial charge in [-0.05, 0) is 38.5 Å². The number of hydrogen-bond acceptors (Lipinski definition) is 5. The minimum atomic E-state index is 0.320. The number of aliphatic hydroxyl groups is 1. The number of rotatable bonds is 5. The first kappa shape index (κ1) is 15.2. The molecule has 0 aliphatic heterocycles. The molecule has 5 nitrogen and oxygen atoms in total. The Labute approximate surface area is 121 Å². The standard InChI is InChI=1S/C15H25N3O2/c1-11-8-15(17-14(16-11)10-20-3)18(2)13-6-4-12(9-19)5-7-13/h8,12-13,19H,4-7,9-10H2,1-3H3. The molecule has 1 saturated carbocycles. The molecule has 0 amide bonds. The quantitative estimate of drug-likeness (QED) is 0.892. The average molecular weight is 279 g/mol. The number of ether oxygens (including phenoxy) is 1. The summed E-state index contributed by atoms with van der Waals surface area (Å²) in [6.45, 7) is 2.75. The van der Waals surface area contributed by atoms with Crippen LogP contribution in [-0.4, -0.2) is 41.9 Å². The zero-order chi connectivity index (χ0) is 14.5. The number of aromatic nitrogens is 2. The molecular weight excluding hydrogens is 254 g/mol. The summed E-state index contributed by atoms with van der Waals surface area (Å²) in [5.41, 5.74) is 0.970. The molecule has 2 rings (SSSR count). The minimum Gasteiger partial charge on any atom is -0.396 e. The van der Waals surface area contributed by atoms with E-state index in [0.717, 1.165) is 43.0 Å². The lowest BCUT2D eigenvalue weighted by molar-refractivity contribution is 0.177. The highest BCUT2D eigenvalue weighted by Crippen LogP contribution is 2.28. The monoisotopic (exact) mass is 279 g/mol. The molecule has 1 N–H and O–H groups in total. The van der Waals surface area contributed by atoms with Crippen molar-refractivity contribution in [3.8, 4) is 0 Å². The molecule has 1 aromatic rings. The summed E-state index contributed by atoms with van der Waals surface area (Å²) < 4.78 is 5.12. The van der Waals surface area contributed by atoms with Gasteiger partial charge < -0.3 is 14.7 Å². The van der Waals surface area contributed by atoms with E-state index in [2.05, 4.69) is 21.9 Å². The maximum Gasteiger partial charge on any atom is 0.156 e. The maximum absolute atomic E-state index is 9.22. The Morgan fingerprint density at radius 1 is 1.30 bits per heavy atom. The number of aryl methyl sites for hydroxylation is 1. The van der Waals surface area contributed by atoms with Gasteiger partial charge in [-0.3, -0.25) is 0 Å². The van der Waals surface area contributed by atoms with E-state index in [1.54, 1.807) is 7.11 Å². The third-order valence-corrected chi connectivity index (χ3v) is 4.14. The van der Waals surface area contributed by atoms with Crippen molar-refractivity contribution in [3.05, 3.63) is 17.6 Å². The SMILES string of the molecule is COCc1nc(C)cc(N(C)C2CCC(CO)CC2)n1. The lowest BCUT2D eigenvalue weighted by atomic mass is 9.86. The molecule has 5 heteroatoms. The minimum absolute atomic E-state index is 0.320. The molecule has 0 bridgehead atoms. The van der Waals surface area contributed by atoms with E-state index < -0.39 is 0 Å². The lowest BCUT2D eigenvalue weighted by Gasteiger charge is -2.35. The summed E-state index contributed by atoms with van der Waals surface area (Å²) in [6.07, 6.45) is 4.43. The van der Waals surface area contributed by atoms with Crippen molar-refractivity contribution >= 4 is 5.82 Å². The van der Waals surface area contributed by atoms with Crippen LogP contribution < -0.4 is 4.90 Å². The predicted molar refractivity (Wildman–Crippen MR) is 78.7 cm³/mol. The van der Waals surface area contributed by atoms with Gasteiger partial charge in [0.2, 0.25) is 0 Å². The smallest absolute Gasteiger partial charge is 0.156 e. The van der Waals surface area contributed by atoms with Crippen molar-refractivity contribution in [2.45, 2.75) is 45.3 Å². The van der Waals surface area contributed by atoms with E-state index in [0.29, 0.717) is 25.2 Å². The van der Waals surface area contributed by atoms with Crippen LogP contribution >= 0.6 is 0 Å². The molecule has 1 aliphatic rings. The Morgan fingerprint density at radius 3 is 2.60 bits per heavy atom. The van der Waals surface area contributed by atoms with E-state index in [1.807, 2.05) is 13.0 Å². The molecule has 1 aromatic heterocycles. The van der Waals surface area contributed by atoms with Gasteiger partial charge in [-0.1, -0.05) is 0 Å². The summed E-state index contributed by atoms with van der Waals surface area (Å²) >= 11 is 0. The predicted octanol–water partition coefficient (Wildman–Crippen LogP) is 1.92. The van der Waals surface area contributed by atoms with Gasteiger partial charge in [0.1, 0.15) is 12.4 Å². The normalized spacial score (nSPS) is 22.8. The summed E-state index contributed by atoms with van der Waals surface area (Å²) in [6, 6.07) is 2.53. The van der Waals surface area contributed by atoms with Gasteiger partial charge in [-0.2, -0.15) is 0 Å². The van der Waals surface area contributed by atoms with E-state index in [4.69, 9.17) is 4.74 Å². The molecule has 20 heavy (non-hydrogen) atoms. The first-order valence-corrected chi connectivity index (χ1v) is 7.31. The van der Waals surface area contributed by atoms with Crippen LogP contribution in [0.4, 0.5) is 5.82 Å². The van der Waals surface area contributed by atoms with E-state index in [1.165, 1.54) is 0 Å². The topological polar surface area (TPSA) is 58.5 Å². The number of aliphatic hydroxyl groups excluding tert-OH is 1. The third-order valence-electron chi connectivity index (χ3n) is 4.14. The molecule has 0 spiro atoms. The molecule has 0 radical (unpaired) electrons. The van der Waals surface area contributed by atoms with E-state index >= 15 is 0 Å². The first-order valence-electron chi connectivity index (χ1n) is 7.31. The molecular formula is C15H25N3O2. The summed E-state index contributed by atoms with van der Waals surface area (Å²) in [4.78, 5) is 11.2. The van der Waals surface area contributed by atoms with Gasteiger partial charge in [-0.15, -0.1) is 0 Å². The van der Waals surface area contributed by atoms with E-state index in [-0.39, 0.29) is 0 Å². The average Bonchev–Trinajstić information content (AvgIpc) is 2.46. The second-order valence-corrected chi connectivity index (χ2v) is 5.68. The largest absolute Gasteiger partial charge is 0.396 e. The van der Waals surface area contributed by atoms with E-state index in [9.17, 15) is 5.11 Å². The molecule has 0 atom stereocenters. The maximum atomic E-state index is 9.22. The Hall–Kier alpha value is -1.20. The fourth-order valence-corrected chi connectivity index (χ4v) is 2.89. The lowest BCUT2D eigenvalue weighted by Crippen LogP contribution is -2.36. The van der Waals surface area contributed by atoms with Gasteiger partial charge in [0, 0.05) is 38.6 Å². The molecule has 1 fully saturated rings. The van der Waals surface area contributed by atoms with Crippen LogP contribution in [0.1, 0.15) is 37.2 Å². The van der Waals surface area contributed by atoms with Crippen molar-refractivity contribution in [2.75, 3.05) is 25.7 Å². The van der Waals surface area contributed by atoms with Crippen LogP contribution in [0.25, 0.3) is 0 Å². The molecule has 0 saturated heterocycles. The molecule has 0 unspecified atom stereocenters. The van der Waals surface area contributed by atoms with Crippen LogP contribution in [0.3, 0.4) is 0 Å². The molecule has 1 heterocycles. The van der Waals surface area contributed by atoms with Crippen molar-refractivity contribution in [1.82, 2.24) is 9.97 Å². The van der Waals surface area contributed by atoms with Gasteiger partial charge in [0.05, 0.1) is 0 Å². The number of anilines is 1. The van der Waals surface area contributed by atoms with Gasteiger partial charge in [0.15, 0.2) is 5.82 Å². The number of methoxy groups -OCH3 is 1. The highest BCUT2D eigenvalue weighted by atomic mass is 16.5. The van der Waals surface area contributed by atoms with Crippen molar-refractivity contribution in [1.29, 1.82) is 0 Å². The van der Waals surface area contributed by atoms with Crippen LogP contribution in [0, 0.1) is 12.8 Å². The fraction of sp³-hybridized carbons (Fsp3) is 0.733. The van der Waals surface area contributed by atoms with Crippen molar-refractivity contribution in [3.63, 3.8) is 0 Å². The Kier molecular flexibility index (Phi) is 5.31. The van der Waals surface area contributed by atoms with Crippen LogP contribution in [0.5, 0.6) is 0 Å². The first-order chi connectivity index (χ1) is 9.63. The second kappa shape index (κ2) is 6.99. The van der Waals surface area contributed by atoms with Crippen LogP contribution in [-0.2, 0) is 11.3 Å². The summed E-state index contributed by atoms with van der Waals surface area (Å²) in [5.74, 6) is 2.19. The highest BCUT2D eigenvalue weighted by molar-refractivity contribution is 5.40. The highest BCUT2D eigenvalue weighted by Gasteiger charge is 2.24. The van der Waals surface area contributed by atoms with Crippen molar-refractivity contribution < 1.29 is 9.84 Å². The number of nitrogens with zero attached hydrogens (tertiary/aromatic N) is 3. The van der Waals surface area contributed by atoms with Crippen molar-refractivity contribution in [2.24, 2.45) is 5.92 Å². The molecule has 1 aliphatic carbocycles. The van der Waals surface area contributed by atoms with Crippen LogP contribution in [0.2, 0.25) is 0 Å². The zero-order valence-electron chi connectivity index (χ0n) is 12.7. The molecule has 112 valence electrons. The Morgan fingerprint density at radius 2 is 2.00 bits per heavy atom. The Balaban J connectivity index is 2.07. The fourth-order valence-electron chi connectivity index (χ4n) is 2.89.